The third kappa shape index (κ3) is 5.55. The van der Waals surface area contributed by atoms with E-state index in [-0.39, 0.29) is 36.4 Å². The molecule has 1 heterocycles. The number of phenolic OH excluding ortho intramolecular Hbond substituents is 2. The van der Waals surface area contributed by atoms with Crippen LogP contribution in [0.2, 0.25) is 0 Å². The van der Waals surface area contributed by atoms with Gasteiger partial charge >= 0.3 is 5.97 Å². The summed E-state index contributed by atoms with van der Waals surface area (Å²) in [6.45, 7) is 1.52. The van der Waals surface area contributed by atoms with Crippen LogP contribution in [0.5, 0.6) is 11.5 Å². The first-order valence-electron chi connectivity index (χ1n) is 10.3. The van der Waals surface area contributed by atoms with Crippen LogP contribution in [0.1, 0.15) is 27.9 Å². The summed E-state index contributed by atoms with van der Waals surface area (Å²) in [6, 6.07) is 8.15. The molecule has 1 aliphatic rings. The number of aromatic hydroxyl groups is 2. The van der Waals surface area contributed by atoms with Crippen molar-refractivity contribution in [1.29, 1.82) is 0 Å². The Kier molecular flexibility index (Phi) is 7.45. The van der Waals surface area contributed by atoms with Crippen molar-refractivity contribution >= 4 is 29.4 Å². The molecule has 1 aliphatic heterocycles. The molecular formula is C23H25ClN2O7. The van der Waals surface area contributed by atoms with Crippen LogP contribution in [0.4, 0.5) is 0 Å². The lowest BCUT2D eigenvalue weighted by atomic mass is 9.98. The van der Waals surface area contributed by atoms with Crippen molar-refractivity contribution in [2.45, 2.75) is 43.3 Å². The van der Waals surface area contributed by atoms with E-state index in [2.05, 4.69) is 5.32 Å². The molecule has 1 saturated heterocycles. The smallest absolute Gasteiger partial charge is 0.326 e. The summed E-state index contributed by atoms with van der Waals surface area (Å²) < 4.78 is 0. The van der Waals surface area contributed by atoms with Crippen molar-refractivity contribution in [2.24, 2.45) is 0 Å². The molecule has 0 aliphatic carbocycles. The Bertz CT molecular complexity index is 1040. The SMILES string of the molecule is Cc1c(O)cccc1C(=O)N[C@@H](Cc1ccc(O)cc1)[C@H](O)C(=O)N1C[C@@H](Cl)C[C@H]1C(=O)O. The maximum atomic E-state index is 13.1. The molecule has 10 heteroatoms. The largest absolute Gasteiger partial charge is 0.508 e. The number of aliphatic hydroxyl groups is 1. The molecule has 2 amide bonds. The summed E-state index contributed by atoms with van der Waals surface area (Å²) in [6.07, 6.45) is -1.69. The molecular weight excluding hydrogens is 452 g/mol. The number of rotatable bonds is 7. The van der Waals surface area contributed by atoms with Crippen molar-refractivity contribution in [1.82, 2.24) is 10.2 Å². The van der Waals surface area contributed by atoms with Crippen molar-refractivity contribution in [3.8, 4) is 11.5 Å². The first-order valence-corrected chi connectivity index (χ1v) is 10.7. The second kappa shape index (κ2) is 10.1. The minimum absolute atomic E-state index is 0.0205. The number of amides is 2. The van der Waals surface area contributed by atoms with Gasteiger partial charge in [-0.1, -0.05) is 18.2 Å². The van der Waals surface area contributed by atoms with Gasteiger partial charge in [-0.2, -0.15) is 0 Å². The van der Waals surface area contributed by atoms with Crippen LogP contribution in [0.15, 0.2) is 42.5 Å². The molecule has 9 nitrogen and oxygen atoms in total. The minimum atomic E-state index is -1.76. The van der Waals surface area contributed by atoms with Gasteiger partial charge in [-0.25, -0.2) is 4.79 Å². The van der Waals surface area contributed by atoms with Gasteiger partial charge in [0.15, 0.2) is 6.10 Å². The number of halogens is 1. The summed E-state index contributed by atoms with van der Waals surface area (Å²) in [7, 11) is 0. The number of phenols is 2. The number of likely N-dealkylation sites (tertiary alicyclic amines) is 1. The second-order valence-electron chi connectivity index (χ2n) is 8.02. The fourth-order valence-corrected chi connectivity index (χ4v) is 4.16. The van der Waals surface area contributed by atoms with Crippen molar-refractivity contribution in [3.05, 3.63) is 59.2 Å². The highest BCUT2D eigenvalue weighted by atomic mass is 35.5. The number of aliphatic carboxylic acids is 1. The quantitative estimate of drug-likeness (QED) is 0.379. The van der Waals surface area contributed by atoms with Gasteiger partial charge in [-0.05, 0) is 49.6 Å². The van der Waals surface area contributed by atoms with Gasteiger partial charge < -0.3 is 30.6 Å². The number of hydrogen-bond acceptors (Lipinski definition) is 6. The molecule has 2 aromatic rings. The van der Waals surface area contributed by atoms with E-state index in [1.807, 2.05) is 0 Å². The summed E-state index contributed by atoms with van der Waals surface area (Å²) in [5.41, 5.74) is 1.11. The van der Waals surface area contributed by atoms with E-state index in [1.165, 1.54) is 30.3 Å². The van der Waals surface area contributed by atoms with Gasteiger partial charge in [0.25, 0.3) is 11.8 Å². The van der Waals surface area contributed by atoms with Crippen molar-refractivity contribution in [2.75, 3.05) is 6.54 Å². The number of nitrogens with zero attached hydrogens (tertiary/aromatic N) is 1. The van der Waals surface area contributed by atoms with Crippen molar-refractivity contribution < 1.29 is 34.8 Å². The molecule has 1 fully saturated rings. The van der Waals surface area contributed by atoms with E-state index in [1.54, 1.807) is 19.1 Å². The topological polar surface area (TPSA) is 147 Å². The molecule has 0 aromatic heterocycles. The molecule has 33 heavy (non-hydrogen) atoms. The van der Waals surface area contributed by atoms with E-state index in [0.29, 0.717) is 11.1 Å². The summed E-state index contributed by atoms with van der Waals surface area (Å²) in [4.78, 5) is 38.6. The van der Waals surface area contributed by atoms with Gasteiger partial charge in [0.05, 0.1) is 11.4 Å². The van der Waals surface area contributed by atoms with Gasteiger partial charge in [0.2, 0.25) is 0 Å². The first-order chi connectivity index (χ1) is 15.6. The summed E-state index contributed by atoms with van der Waals surface area (Å²) in [5.74, 6) is -2.76. The molecule has 0 unspecified atom stereocenters. The van der Waals surface area contributed by atoms with E-state index in [4.69, 9.17) is 11.6 Å². The van der Waals surface area contributed by atoms with Crippen LogP contribution in [-0.2, 0) is 16.0 Å². The van der Waals surface area contributed by atoms with Crippen LogP contribution in [-0.4, -0.2) is 73.2 Å². The van der Waals surface area contributed by atoms with Crippen LogP contribution in [0, 0.1) is 6.92 Å². The van der Waals surface area contributed by atoms with E-state index in [0.717, 1.165) is 4.90 Å². The molecule has 0 radical (unpaired) electrons. The third-order valence-electron chi connectivity index (χ3n) is 5.71. The van der Waals surface area contributed by atoms with Crippen LogP contribution in [0.25, 0.3) is 0 Å². The number of nitrogens with one attached hydrogen (secondary N) is 1. The minimum Gasteiger partial charge on any atom is -0.508 e. The van der Waals surface area contributed by atoms with E-state index < -0.39 is 41.3 Å². The third-order valence-corrected chi connectivity index (χ3v) is 6.03. The fourth-order valence-electron chi connectivity index (χ4n) is 3.85. The maximum absolute atomic E-state index is 13.1. The Hall–Kier alpha value is -3.30. The van der Waals surface area contributed by atoms with Gasteiger partial charge in [-0.3, -0.25) is 9.59 Å². The Morgan fingerprint density at radius 3 is 2.45 bits per heavy atom. The van der Waals surface area contributed by atoms with E-state index >= 15 is 0 Å². The fraction of sp³-hybridized carbons (Fsp3) is 0.348. The number of alkyl halides is 1. The Morgan fingerprint density at radius 2 is 1.82 bits per heavy atom. The molecule has 2 aromatic carbocycles. The van der Waals surface area contributed by atoms with Crippen LogP contribution in [0.3, 0.4) is 0 Å². The average Bonchev–Trinajstić information content (AvgIpc) is 3.17. The number of carboxylic acid groups (broad SMARTS) is 1. The zero-order chi connectivity index (χ0) is 24.3. The molecule has 0 saturated carbocycles. The first kappa shape index (κ1) is 24.3. The summed E-state index contributed by atoms with van der Waals surface area (Å²) in [5, 5.41) is 41.8. The predicted molar refractivity (Wildman–Crippen MR) is 119 cm³/mol. The second-order valence-corrected chi connectivity index (χ2v) is 8.64. The van der Waals surface area contributed by atoms with Gasteiger partial charge in [0.1, 0.15) is 17.5 Å². The van der Waals surface area contributed by atoms with E-state index in [9.17, 15) is 34.8 Å². The monoisotopic (exact) mass is 476 g/mol. The lowest BCUT2D eigenvalue weighted by molar-refractivity contribution is -0.152. The number of carbonyl (C=O) groups excluding carboxylic acids is 2. The molecule has 176 valence electrons. The zero-order valence-electron chi connectivity index (χ0n) is 17.8. The zero-order valence-corrected chi connectivity index (χ0v) is 18.6. The Labute approximate surface area is 195 Å². The Morgan fingerprint density at radius 1 is 1.15 bits per heavy atom. The molecule has 5 N–H and O–H groups in total. The molecule has 0 bridgehead atoms. The number of carbonyl (C=O) groups is 3. The normalized spacial score (nSPS) is 19.7. The average molecular weight is 477 g/mol. The highest BCUT2D eigenvalue weighted by Gasteiger charge is 2.42. The summed E-state index contributed by atoms with van der Waals surface area (Å²) >= 11 is 6.06. The molecule has 0 spiro atoms. The highest BCUT2D eigenvalue weighted by molar-refractivity contribution is 6.21. The van der Waals surface area contributed by atoms with Gasteiger partial charge in [-0.15, -0.1) is 11.6 Å². The van der Waals surface area contributed by atoms with Crippen LogP contribution < -0.4 is 5.32 Å². The highest BCUT2D eigenvalue weighted by Crippen LogP contribution is 2.25. The lowest BCUT2D eigenvalue weighted by Crippen LogP contribution is -2.54. The van der Waals surface area contributed by atoms with Gasteiger partial charge in [0, 0.05) is 17.7 Å². The number of aliphatic hydroxyl groups excluding tert-OH is 1. The maximum Gasteiger partial charge on any atom is 0.326 e. The van der Waals surface area contributed by atoms with Crippen molar-refractivity contribution in [3.63, 3.8) is 0 Å². The predicted octanol–water partition coefficient (Wildman–Crippen LogP) is 1.40. The molecule has 4 atom stereocenters. The number of carboxylic acids is 1. The van der Waals surface area contributed by atoms with Crippen LogP contribution >= 0.6 is 11.6 Å². The molecule has 3 rings (SSSR count). The number of benzene rings is 2. The number of hydrogen-bond donors (Lipinski definition) is 5. The Balaban J connectivity index is 1.87. The standard InChI is InChI=1S/C23H25ClN2O7/c1-12-16(3-2-4-19(12)28)21(30)25-17(9-13-5-7-15(27)8-6-13)20(29)22(31)26-11-14(24)10-18(26)23(32)33/h2-8,14,17-18,20,27-29H,9-11H2,1H3,(H,25,30)(H,32,33)/t14-,17-,18-,20-/m0/s1. The lowest BCUT2D eigenvalue weighted by Gasteiger charge is -2.29.